The molecule has 8 heteroatoms. The second-order valence-electron chi connectivity index (χ2n) is 3.41. The Bertz CT molecular complexity index is 581. The summed E-state index contributed by atoms with van der Waals surface area (Å²) < 4.78 is 1.95. The Balaban J connectivity index is 2.38. The quantitative estimate of drug-likeness (QED) is 0.872. The van der Waals surface area contributed by atoms with E-state index >= 15 is 0 Å². The average Bonchev–Trinajstić information content (AvgIpc) is 2.69. The maximum Gasteiger partial charge on any atom is 0.269 e. The van der Waals surface area contributed by atoms with Crippen molar-refractivity contribution in [3.8, 4) is 5.69 Å². The molecule has 2 heterocycles. The molecule has 0 spiro atoms. The number of nitrogens with two attached hydrogens (primary N) is 1. The summed E-state index contributed by atoms with van der Waals surface area (Å²) in [7, 11) is 0. The minimum atomic E-state index is -0.233. The fraction of sp³-hybridized carbons (Fsp3) is 0.200. The van der Waals surface area contributed by atoms with Crippen LogP contribution in [0.5, 0.6) is 0 Å². The van der Waals surface area contributed by atoms with Crippen molar-refractivity contribution in [2.24, 2.45) is 0 Å². The number of nitrogens with zero attached hydrogens (tertiary/aromatic N) is 4. The molecule has 0 saturated carbocycles. The Morgan fingerprint density at radius 3 is 3.00 bits per heavy atom. The lowest BCUT2D eigenvalue weighted by molar-refractivity contribution is 0.0951. The maximum atomic E-state index is 11.7. The molecule has 1 amide bonds. The van der Waals surface area contributed by atoms with E-state index in [4.69, 9.17) is 5.73 Å². The van der Waals surface area contributed by atoms with Crippen molar-refractivity contribution in [1.29, 1.82) is 0 Å². The van der Waals surface area contributed by atoms with E-state index in [9.17, 15) is 4.79 Å². The van der Waals surface area contributed by atoms with E-state index in [2.05, 4.69) is 36.3 Å². The minimum absolute atomic E-state index is 0.151. The van der Waals surface area contributed by atoms with Gasteiger partial charge in [-0.3, -0.25) is 9.78 Å². The molecule has 2 rings (SSSR count). The van der Waals surface area contributed by atoms with Crippen molar-refractivity contribution in [2.45, 2.75) is 6.92 Å². The molecule has 2 aromatic heterocycles. The van der Waals surface area contributed by atoms with Crippen LogP contribution in [0.2, 0.25) is 0 Å². The molecule has 0 aliphatic heterocycles. The molecule has 2 aromatic rings. The predicted molar refractivity (Wildman–Crippen MR) is 69.3 cm³/mol. The number of hydrogen-bond donors (Lipinski definition) is 2. The van der Waals surface area contributed by atoms with Gasteiger partial charge < -0.3 is 11.1 Å². The second kappa shape index (κ2) is 5.13. The number of anilines is 1. The zero-order chi connectivity index (χ0) is 13.1. The highest BCUT2D eigenvalue weighted by Gasteiger charge is 2.11. The van der Waals surface area contributed by atoms with Crippen LogP contribution in [0.15, 0.2) is 23.1 Å². The zero-order valence-electron chi connectivity index (χ0n) is 9.59. The molecule has 0 radical (unpaired) electrons. The summed E-state index contributed by atoms with van der Waals surface area (Å²) in [5.41, 5.74) is 6.46. The highest BCUT2D eigenvalue weighted by Crippen LogP contribution is 2.15. The number of carbonyl (C=O) groups is 1. The van der Waals surface area contributed by atoms with E-state index in [0.717, 1.165) is 0 Å². The lowest BCUT2D eigenvalue weighted by atomic mass is 10.3. The van der Waals surface area contributed by atoms with Crippen molar-refractivity contribution < 1.29 is 4.79 Å². The molecular formula is C10H11BrN6O. The Morgan fingerprint density at radius 1 is 1.61 bits per heavy atom. The predicted octanol–water partition coefficient (Wildman–Crippen LogP) is 0.757. The molecule has 18 heavy (non-hydrogen) atoms. The van der Waals surface area contributed by atoms with E-state index in [1.165, 1.54) is 10.9 Å². The van der Waals surface area contributed by atoms with Crippen molar-refractivity contribution in [3.05, 3.63) is 28.8 Å². The molecule has 0 bridgehead atoms. The third kappa shape index (κ3) is 2.48. The first-order valence-corrected chi connectivity index (χ1v) is 6.03. The van der Waals surface area contributed by atoms with Gasteiger partial charge in [0.15, 0.2) is 0 Å². The van der Waals surface area contributed by atoms with Gasteiger partial charge in [-0.25, -0.2) is 4.68 Å². The van der Waals surface area contributed by atoms with Gasteiger partial charge >= 0.3 is 0 Å². The van der Waals surface area contributed by atoms with Crippen LogP contribution in [0.4, 0.5) is 5.95 Å². The number of carbonyl (C=O) groups excluding carboxylic acids is 1. The van der Waals surface area contributed by atoms with Gasteiger partial charge in [-0.15, -0.1) is 5.10 Å². The second-order valence-corrected chi connectivity index (χ2v) is 4.12. The van der Waals surface area contributed by atoms with Gasteiger partial charge in [0, 0.05) is 12.7 Å². The summed E-state index contributed by atoms with van der Waals surface area (Å²) in [6, 6.07) is 3.32. The van der Waals surface area contributed by atoms with Crippen LogP contribution in [0.25, 0.3) is 5.69 Å². The molecule has 94 valence electrons. The van der Waals surface area contributed by atoms with Crippen LogP contribution >= 0.6 is 15.9 Å². The van der Waals surface area contributed by atoms with Crippen molar-refractivity contribution >= 4 is 27.8 Å². The number of nitrogen functional groups attached to an aromatic ring is 1. The topological polar surface area (TPSA) is 98.7 Å². The SMILES string of the molecule is CCNC(=O)c1cc(-n2nc(N)nc2Br)ccn1. The van der Waals surface area contributed by atoms with Crippen LogP contribution in [0.3, 0.4) is 0 Å². The maximum absolute atomic E-state index is 11.7. The van der Waals surface area contributed by atoms with Crippen LogP contribution in [0.1, 0.15) is 17.4 Å². The highest BCUT2D eigenvalue weighted by atomic mass is 79.9. The van der Waals surface area contributed by atoms with Crippen LogP contribution in [-0.2, 0) is 0 Å². The fourth-order valence-electron chi connectivity index (χ4n) is 1.40. The standard InChI is InChI=1S/C10H11BrN6O/c1-2-13-8(18)7-5-6(3-4-14-7)17-9(11)15-10(12)16-17/h3-5H,2H2,1H3,(H2,12,16)(H,13,18). The Morgan fingerprint density at radius 2 is 2.39 bits per heavy atom. The van der Waals surface area contributed by atoms with E-state index in [1.54, 1.807) is 12.1 Å². The smallest absolute Gasteiger partial charge is 0.269 e. The van der Waals surface area contributed by atoms with Crippen LogP contribution < -0.4 is 11.1 Å². The number of hydrogen-bond acceptors (Lipinski definition) is 5. The van der Waals surface area contributed by atoms with Gasteiger partial charge in [0.25, 0.3) is 5.91 Å². The van der Waals surface area contributed by atoms with Gasteiger partial charge in [0.2, 0.25) is 10.7 Å². The first-order chi connectivity index (χ1) is 8.61. The van der Waals surface area contributed by atoms with Crippen LogP contribution in [-0.4, -0.2) is 32.2 Å². The summed E-state index contributed by atoms with van der Waals surface area (Å²) in [6.45, 7) is 2.39. The number of amides is 1. The van der Waals surface area contributed by atoms with Gasteiger partial charge in [-0.2, -0.15) is 4.98 Å². The lowest BCUT2D eigenvalue weighted by Crippen LogP contribution is -2.23. The Labute approximate surface area is 112 Å². The molecule has 0 atom stereocenters. The minimum Gasteiger partial charge on any atom is -0.366 e. The van der Waals surface area contributed by atoms with E-state index in [-0.39, 0.29) is 11.9 Å². The number of halogens is 1. The fourth-order valence-corrected chi connectivity index (χ4v) is 1.86. The van der Waals surface area contributed by atoms with Gasteiger partial charge in [-0.1, -0.05) is 0 Å². The summed E-state index contributed by atoms with van der Waals surface area (Å²) in [6.07, 6.45) is 1.53. The monoisotopic (exact) mass is 310 g/mol. The molecule has 0 aromatic carbocycles. The van der Waals surface area contributed by atoms with E-state index < -0.39 is 0 Å². The summed E-state index contributed by atoms with van der Waals surface area (Å²) in [4.78, 5) is 19.6. The molecule has 0 aliphatic carbocycles. The highest BCUT2D eigenvalue weighted by molar-refractivity contribution is 9.10. The van der Waals surface area contributed by atoms with E-state index in [0.29, 0.717) is 22.7 Å². The summed E-state index contributed by atoms with van der Waals surface area (Å²) in [5, 5.41) is 6.68. The van der Waals surface area contributed by atoms with Crippen molar-refractivity contribution in [2.75, 3.05) is 12.3 Å². The van der Waals surface area contributed by atoms with E-state index in [1.807, 2.05) is 6.92 Å². The first kappa shape index (κ1) is 12.5. The lowest BCUT2D eigenvalue weighted by Gasteiger charge is -2.04. The first-order valence-electron chi connectivity index (χ1n) is 5.24. The average molecular weight is 311 g/mol. The number of rotatable bonds is 3. The molecule has 0 saturated heterocycles. The molecule has 0 unspecified atom stereocenters. The summed E-state index contributed by atoms with van der Waals surface area (Å²) in [5.74, 6) is -0.0817. The number of nitrogens with one attached hydrogen (secondary N) is 1. The zero-order valence-corrected chi connectivity index (χ0v) is 11.2. The molecular weight excluding hydrogens is 300 g/mol. The molecule has 0 fully saturated rings. The molecule has 0 aliphatic rings. The summed E-state index contributed by atoms with van der Waals surface area (Å²) >= 11 is 3.23. The normalized spacial score (nSPS) is 10.3. The Hall–Kier alpha value is -1.96. The third-order valence-corrected chi connectivity index (χ3v) is 2.66. The van der Waals surface area contributed by atoms with Gasteiger partial charge in [-0.05, 0) is 35.0 Å². The van der Waals surface area contributed by atoms with Crippen molar-refractivity contribution in [1.82, 2.24) is 25.1 Å². The number of pyridine rings is 1. The molecule has 7 nitrogen and oxygen atoms in total. The molecule has 3 N–H and O–H groups in total. The third-order valence-electron chi connectivity index (χ3n) is 2.14. The van der Waals surface area contributed by atoms with Gasteiger partial charge in [0.05, 0.1) is 5.69 Å². The largest absolute Gasteiger partial charge is 0.366 e. The van der Waals surface area contributed by atoms with Crippen molar-refractivity contribution in [3.63, 3.8) is 0 Å². The number of aromatic nitrogens is 4. The van der Waals surface area contributed by atoms with Gasteiger partial charge in [0.1, 0.15) is 5.69 Å². The van der Waals surface area contributed by atoms with Crippen LogP contribution in [0, 0.1) is 0 Å². The Kier molecular flexibility index (Phi) is 3.56.